The molecule has 2 saturated heterocycles. The molecule has 0 amide bonds. The molecule has 1 aromatic heterocycles. The van der Waals surface area contributed by atoms with Crippen molar-refractivity contribution in [2.75, 3.05) is 38.3 Å². The van der Waals surface area contributed by atoms with Gasteiger partial charge in [0, 0.05) is 71.4 Å². The van der Waals surface area contributed by atoms with Crippen LogP contribution < -0.4 is 21.7 Å². The fraction of sp³-hybridized carbons (Fsp3) is 0.536. The zero-order chi connectivity index (χ0) is 26.3. The molecular formula is C28H42N6O2. The first-order chi connectivity index (χ1) is 16.8. The third kappa shape index (κ3) is 5.71. The second-order valence-electron chi connectivity index (χ2n) is 11.5. The van der Waals surface area contributed by atoms with Crippen molar-refractivity contribution in [1.29, 1.82) is 0 Å². The molecule has 2 fully saturated rings. The van der Waals surface area contributed by atoms with E-state index in [-0.39, 0.29) is 16.8 Å². The van der Waals surface area contributed by atoms with Gasteiger partial charge in [0.1, 0.15) is 5.75 Å². The minimum Gasteiger partial charge on any atom is -0.507 e. The number of rotatable bonds is 5. The highest BCUT2D eigenvalue weighted by Gasteiger charge is 2.39. The Morgan fingerprint density at radius 3 is 2.39 bits per heavy atom. The Balaban J connectivity index is 1.63. The molecule has 8 nitrogen and oxygen atoms in total. The van der Waals surface area contributed by atoms with Gasteiger partial charge in [0.05, 0.1) is 24.6 Å². The number of aromatic hydroxyl groups is 1. The molecule has 36 heavy (non-hydrogen) atoms. The quantitative estimate of drug-likeness (QED) is 0.468. The summed E-state index contributed by atoms with van der Waals surface area (Å²) in [6, 6.07) is 6.02. The van der Waals surface area contributed by atoms with Gasteiger partial charge in [-0.15, -0.1) is 0 Å². The average molecular weight is 495 g/mol. The molecule has 0 radical (unpaired) electrons. The van der Waals surface area contributed by atoms with E-state index in [4.69, 9.17) is 16.2 Å². The maximum atomic E-state index is 10.8. The number of pyridine rings is 1. The first-order valence-electron chi connectivity index (χ1n) is 12.8. The van der Waals surface area contributed by atoms with Crippen LogP contribution in [0.1, 0.15) is 51.8 Å². The van der Waals surface area contributed by atoms with Gasteiger partial charge in [-0.2, -0.15) is 0 Å². The number of fused-ring (bicyclic) bond motifs is 1. The summed E-state index contributed by atoms with van der Waals surface area (Å²) in [7, 11) is 2.04. The molecule has 3 heterocycles. The van der Waals surface area contributed by atoms with Crippen LogP contribution in [0.2, 0.25) is 0 Å². The molecule has 2 aliphatic heterocycles. The Kier molecular flexibility index (Phi) is 7.12. The van der Waals surface area contributed by atoms with E-state index in [9.17, 15) is 5.11 Å². The second-order valence-corrected chi connectivity index (χ2v) is 11.5. The van der Waals surface area contributed by atoms with Crippen molar-refractivity contribution in [3.8, 4) is 5.75 Å². The largest absolute Gasteiger partial charge is 0.507 e. The van der Waals surface area contributed by atoms with Crippen molar-refractivity contribution in [2.45, 2.75) is 64.6 Å². The lowest BCUT2D eigenvalue weighted by Gasteiger charge is -2.49. The first kappa shape index (κ1) is 26.1. The Morgan fingerprint density at radius 2 is 1.75 bits per heavy atom. The number of morpholine rings is 1. The van der Waals surface area contributed by atoms with Crippen LogP contribution in [-0.2, 0) is 4.74 Å². The summed E-state index contributed by atoms with van der Waals surface area (Å²) in [6.07, 6.45) is 5.59. The van der Waals surface area contributed by atoms with Gasteiger partial charge in [0.25, 0.3) is 0 Å². The lowest BCUT2D eigenvalue weighted by molar-refractivity contribution is 0.0981. The Labute approximate surface area is 215 Å². The topological polar surface area (TPSA) is 113 Å². The van der Waals surface area contributed by atoms with E-state index in [1.54, 1.807) is 12.1 Å². The van der Waals surface area contributed by atoms with Crippen LogP contribution in [0.15, 0.2) is 36.2 Å². The predicted octanol–water partition coefficient (Wildman–Crippen LogP) is 3.43. The van der Waals surface area contributed by atoms with Crippen LogP contribution in [0, 0.1) is 6.92 Å². The fourth-order valence-corrected chi connectivity index (χ4v) is 5.81. The van der Waals surface area contributed by atoms with E-state index in [1.165, 1.54) is 0 Å². The van der Waals surface area contributed by atoms with Crippen LogP contribution in [0.25, 0.3) is 16.6 Å². The highest BCUT2D eigenvalue weighted by molar-refractivity contribution is 5.96. The molecule has 0 unspecified atom stereocenters. The molecule has 0 atom stereocenters. The standard InChI is InChI=1S/C28H42N6O2/c1-18-13-24(34-9-11-36-12-10-34)21-14-20(25(35)15-23(21)31-18)22(29)7-8-26(30)33(6)19-16-27(2,3)32-28(4,5)17-19/h7-8,13-15,19,32,35H,9-12,16-17,29-30H2,1-6H3/b22-7-,26-8+. The number of hydrogen-bond acceptors (Lipinski definition) is 8. The first-order valence-corrected chi connectivity index (χ1v) is 12.8. The number of nitrogens with one attached hydrogen (secondary N) is 1. The lowest BCUT2D eigenvalue weighted by Crippen LogP contribution is -2.61. The third-order valence-corrected chi connectivity index (χ3v) is 7.25. The summed E-state index contributed by atoms with van der Waals surface area (Å²) in [5.74, 6) is 0.743. The van der Waals surface area contributed by atoms with Gasteiger partial charge in [0.15, 0.2) is 0 Å². The molecule has 0 spiro atoms. The number of phenols is 1. The fourth-order valence-electron chi connectivity index (χ4n) is 5.81. The van der Waals surface area contributed by atoms with E-state index >= 15 is 0 Å². The van der Waals surface area contributed by atoms with Crippen LogP contribution >= 0.6 is 0 Å². The highest BCUT2D eigenvalue weighted by Crippen LogP contribution is 2.35. The minimum absolute atomic E-state index is 0.0251. The molecule has 2 aromatic rings. The van der Waals surface area contributed by atoms with Crippen LogP contribution in [0.5, 0.6) is 5.75 Å². The van der Waals surface area contributed by atoms with Gasteiger partial charge in [0.2, 0.25) is 0 Å². The molecule has 4 rings (SSSR count). The van der Waals surface area contributed by atoms with Crippen molar-refractivity contribution >= 4 is 22.3 Å². The molecule has 0 bridgehead atoms. The molecule has 1 aromatic carbocycles. The normalized spacial score (nSPS) is 21.1. The molecule has 196 valence electrons. The number of anilines is 1. The SMILES string of the molecule is Cc1cc(N2CCOCC2)c2cc(/C(N)=C/C=C(\N)N(C)C3CC(C)(C)NC(C)(C)C3)c(O)cc2n1. The highest BCUT2D eigenvalue weighted by atomic mass is 16.5. The van der Waals surface area contributed by atoms with Gasteiger partial charge in [-0.1, -0.05) is 0 Å². The zero-order valence-corrected chi connectivity index (χ0v) is 22.6. The number of nitrogens with two attached hydrogens (primary N) is 2. The zero-order valence-electron chi connectivity index (χ0n) is 22.6. The number of phenolic OH excluding ortho intramolecular Hbond substituents is 1. The summed E-state index contributed by atoms with van der Waals surface area (Å²) in [5, 5.41) is 15.5. The smallest absolute Gasteiger partial charge is 0.127 e. The van der Waals surface area contributed by atoms with Crippen molar-refractivity contribution in [3.63, 3.8) is 0 Å². The van der Waals surface area contributed by atoms with Gasteiger partial charge in [-0.05, 0) is 71.7 Å². The molecular weight excluding hydrogens is 452 g/mol. The van der Waals surface area contributed by atoms with Gasteiger partial charge >= 0.3 is 0 Å². The van der Waals surface area contributed by atoms with Crippen LogP contribution in [0.3, 0.4) is 0 Å². The Hall–Kier alpha value is -2.97. The van der Waals surface area contributed by atoms with Gasteiger partial charge < -0.3 is 36.4 Å². The number of aryl methyl sites for hydroxylation is 1. The number of hydrogen-bond donors (Lipinski definition) is 4. The Morgan fingerprint density at radius 1 is 1.11 bits per heavy atom. The van der Waals surface area contributed by atoms with E-state index in [2.05, 4.69) is 53.9 Å². The summed E-state index contributed by atoms with van der Waals surface area (Å²) in [5.41, 5.74) is 16.8. The third-order valence-electron chi connectivity index (χ3n) is 7.25. The van der Waals surface area contributed by atoms with Gasteiger partial charge in [-0.3, -0.25) is 4.98 Å². The van der Waals surface area contributed by atoms with Crippen molar-refractivity contribution in [2.24, 2.45) is 11.5 Å². The van der Waals surface area contributed by atoms with E-state index < -0.39 is 0 Å². The lowest BCUT2D eigenvalue weighted by atomic mass is 9.79. The second kappa shape index (κ2) is 9.82. The average Bonchev–Trinajstić information content (AvgIpc) is 2.79. The monoisotopic (exact) mass is 494 g/mol. The van der Waals surface area contributed by atoms with E-state index in [0.29, 0.717) is 36.3 Å². The summed E-state index contributed by atoms with van der Waals surface area (Å²) in [6.45, 7) is 13.9. The number of nitrogens with zero attached hydrogens (tertiary/aromatic N) is 3. The van der Waals surface area contributed by atoms with Crippen molar-refractivity contribution in [3.05, 3.63) is 47.4 Å². The number of ether oxygens (including phenoxy) is 1. The van der Waals surface area contributed by atoms with E-state index in [0.717, 1.165) is 48.2 Å². The number of allylic oxidation sites excluding steroid dienone is 2. The van der Waals surface area contributed by atoms with Gasteiger partial charge in [-0.25, -0.2) is 0 Å². The minimum atomic E-state index is 0.0251. The van der Waals surface area contributed by atoms with Crippen molar-refractivity contribution < 1.29 is 9.84 Å². The van der Waals surface area contributed by atoms with Crippen LogP contribution in [-0.4, -0.2) is 65.5 Å². The molecule has 2 aliphatic rings. The Bertz CT molecular complexity index is 1160. The number of piperidine rings is 1. The molecule has 0 aliphatic carbocycles. The predicted molar refractivity (Wildman–Crippen MR) is 148 cm³/mol. The number of aromatic nitrogens is 1. The number of benzene rings is 1. The van der Waals surface area contributed by atoms with Crippen molar-refractivity contribution in [1.82, 2.24) is 15.2 Å². The van der Waals surface area contributed by atoms with Crippen LogP contribution in [0.4, 0.5) is 5.69 Å². The summed E-state index contributed by atoms with van der Waals surface area (Å²) < 4.78 is 5.53. The van der Waals surface area contributed by atoms with E-state index in [1.807, 2.05) is 26.1 Å². The summed E-state index contributed by atoms with van der Waals surface area (Å²) in [4.78, 5) is 9.08. The molecule has 6 N–H and O–H groups in total. The maximum Gasteiger partial charge on any atom is 0.127 e. The molecule has 0 saturated carbocycles. The maximum absolute atomic E-state index is 10.8. The molecule has 8 heteroatoms. The summed E-state index contributed by atoms with van der Waals surface area (Å²) >= 11 is 0.